The average Bonchev–Trinajstić information content (AvgIpc) is 2.16. The highest BCUT2D eigenvalue weighted by Crippen LogP contribution is 2.23. The highest BCUT2D eigenvalue weighted by molar-refractivity contribution is 7.91. The Hall–Kier alpha value is -0.180. The van der Waals surface area contributed by atoms with Gasteiger partial charge in [0.15, 0.2) is 0 Å². The minimum Gasteiger partial charge on any atom is -0.376 e. The lowest BCUT2D eigenvalue weighted by molar-refractivity contribution is 0.0312. The first-order valence-corrected chi connectivity index (χ1v) is 8.38. The summed E-state index contributed by atoms with van der Waals surface area (Å²) in [5.41, 5.74) is 0. The number of hydrogen-bond donors (Lipinski definition) is 0. The van der Waals surface area contributed by atoms with Gasteiger partial charge in [0.25, 0.3) is 10.1 Å². The van der Waals surface area contributed by atoms with Crippen molar-refractivity contribution >= 4 is 20.0 Å². The minimum absolute atomic E-state index is 0.291. The fourth-order valence-electron chi connectivity index (χ4n) is 1.72. The number of rotatable bonds is 4. The summed E-state index contributed by atoms with van der Waals surface area (Å²) in [6.45, 7) is 0.385. The van der Waals surface area contributed by atoms with E-state index < -0.39 is 31.3 Å². The quantitative estimate of drug-likeness (QED) is 0.645. The first-order valence-electron chi connectivity index (χ1n) is 4.85. The van der Waals surface area contributed by atoms with Gasteiger partial charge in [0.2, 0.25) is 0 Å². The van der Waals surface area contributed by atoms with Crippen LogP contribution in [-0.2, 0) is 28.9 Å². The monoisotopic (exact) mass is 272 g/mol. The van der Waals surface area contributed by atoms with Crippen molar-refractivity contribution in [1.82, 2.24) is 0 Å². The molecule has 0 aromatic heterocycles. The predicted molar refractivity (Wildman–Crippen MR) is 58.4 cm³/mol. The number of hydrogen-bond acceptors (Lipinski definition) is 6. The van der Waals surface area contributed by atoms with Crippen molar-refractivity contribution in [2.45, 2.75) is 24.2 Å². The summed E-state index contributed by atoms with van der Waals surface area (Å²) in [6, 6.07) is 0. The molecule has 1 fully saturated rings. The maximum Gasteiger partial charge on any atom is 0.272 e. The van der Waals surface area contributed by atoms with Crippen LogP contribution in [0.5, 0.6) is 0 Å². The molecule has 0 aromatic rings. The molecule has 1 heterocycles. The SMILES string of the molecule is COS(=O)(=O)[C@H]1CCCO[C@H]1CS(C)(=O)=O. The lowest BCUT2D eigenvalue weighted by atomic mass is 10.1. The van der Waals surface area contributed by atoms with E-state index in [0.717, 1.165) is 13.4 Å². The van der Waals surface area contributed by atoms with Crippen molar-refractivity contribution in [3.8, 4) is 0 Å². The van der Waals surface area contributed by atoms with Crippen LogP contribution >= 0.6 is 0 Å². The molecule has 16 heavy (non-hydrogen) atoms. The van der Waals surface area contributed by atoms with Crippen LogP contribution in [-0.4, -0.2) is 53.9 Å². The highest BCUT2D eigenvalue weighted by Gasteiger charge is 2.38. The molecule has 0 aliphatic carbocycles. The molecule has 1 aliphatic rings. The zero-order chi connectivity index (χ0) is 12.4. The van der Waals surface area contributed by atoms with Crippen molar-refractivity contribution in [1.29, 1.82) is 0 Å². The molecule has 0 radical (unpaired) electrons. The van der Waals surface area contributed by atoms with Crippen LogP contribution in [0.4, 0.5) is 0 Å². The lowest BCUT2D eigenvalue weighted by Gasteiger charge is -2.29. The van der Waals surface area contributed by atoms with Gasteiger partial charge in [0.1, 0.15) is 15.1 Å². The summed E-state index contributed by atoms with van der Waals surface area (Å²) in [6.07, 6.45) is 1.19. The summed E-state index contributed by atoms with van der Waals surface area (Å²) in [5.74, 6) is -0.291. The van der Waals surface area contributed by atoms with Crippen molar-refractivity contribution in [2.75, 3.05) is 25.7 Å². The molecule has 0 aromatic carbocycles. The Morgan fingerprint density at radius 1 is 1.31 bits per heavy atom. The molecule has 0 saturated carbocycles. The highest BCUT2D eigenvalue weighted by atomic mass is 32.2. The molecule has 1 rings (SSSR count). The molecule has 6 nitrogen and oxygen atoms in total. The molecule has 0 spiro atoms. The topological polar surface area (TPSA) is 86.7 Å². The summed E-state index contributed by atoms with van der Waals surface area (Å²) in [5, 5.41) is -0.888. The van der Waals surface area contributed by atoms with E-state index in [-0.39, 0.29) is 5.75 Å². The number of sulfone groups is 1. The predicted octanol–water partition coefficient (Wildman–Crippen LogP) is -0.445. The van der Waals surface area contributed by atoms with Gasteiger partial charge in [-0.1, -0.05) is 0 Å². The summed E-state index contributed by atoms with van der Waals surface area (Å²) in [7, 11) is -5.93. The Bertz CT molecular complexity index is 423. The van der Waals surface area contributed by atoms with E-state index in [2.05, 4.69) is 4.18 Å². The van der Waals surface area contributed by atoms with E-state index in [4.69, 9.17) is 4.74 Å². The first-order chi connectivity index (χ1) is 7.26. The lowest BCUT2D eigenvalue weighted by Crippen LogP contribution is -2.44. The third-order valence-corrected chi connectivity index (χ3v) is 5.13. The average molecular weight is 272 g/mol. The Balaban J connectivity index is 2.88. The zero-order valence-electron chi connectivity index (χ0n) is 9.25. The molecule has 8 heteroatoms. The molecule has 0 N–H and O–H groups in total. The van der Waals surface area contributed by atoms with Crippen LogP contribution in [0.15, 0.2) is 0 Å². The second-order valence-electron chi connectivity index (χ2n) is 3.84. The molecule has 96 valence electrons. The van der Waals surface area contributed by atoms with E-state index in [0.29, 0.717) is 19.4 Å². The maximum absolute atomic E-state index is 11.6. The van der Waals surface area contributed by atoms with Gasteiger partial charge in [0, 0.05) is 12.9 Å². The molecule has 0 amide bonds. The van der Waals surface area contributed by atoms with E-state index in [1.165, 1.54) is 0 Å². The molecule has 0 bridgehead atoms. The molecule has 1 saturated heterocycles. The van der Waals surface area contributed by atoms with E-state index in [1.54, 1.807) is 0 Å². The van der Waals surface area contributed by atoms with Crippen LogP contribution in [0.2, 0.25) is 0 Å². The van der Waals surface area contributed by atoms with E-state index in [9.17, 15) is 16.8 Å². The third kappa shape index (κ3) is 3.69. The first kappa shape index (κ1) is 13.9. The van der Waals surface area contributed by atoms with Crippen molar-refractivity contribution in [2.24, 2.45) is 0 Å². The van der Waals surface area contributed by atoms with Gasteiger partial charge in [-0.25, -0.2) is 8.42 Å². The van der Waals surface area contributed by atoms with Crippen molar-refractivity contribution in [3.05, 3.63) is 0 Å². The molecular formula is C8H16O6S2. The molecule has 1 aliphatic heterocycles. The normalized spacial score (nSPS) is 27.9. The second-order valence-corrected chi connectivity index (χ2v) is 7.95. The summed E-state index contributed by atoms with van der Waals surface area (Å²) in [4.78, 5) is 0. The van der Waals surface area contributed by atoms with Crippen molar-refractivity contribution < 1.29 is 25.8 Å². The minimum atomic E-state index is -3.73. The van der Waals surface area contributed by atoms with Gasteiger partial charge >= 0.3 is 0 Å². The van der Waals surface area contributed by atoms with E-state index in [1.807, 2.05) is 0 Å². The van der Waals surface area contributed by atoms with Crippen LogP contribution in [0.1, 0.15) is 12.8 Å². The van der Waals surface area contributed by atoms with Gasteiger partial charge < -0.3 is 4.74 Å². The Morgan fingerprint density at radius 2 is 1.94 bits per heavy atom. The fourth-order valence-corrected chi connectivity index (χ4v) is 4.02. The van der Waals surface area contributed by atoms with Crippen LogP contribution < -0.4 is 0 Å². The third-order valence-electron chi connectivity index (χ3n) is 2.45. The largest absolute Gasteiger partial charge is 0.376 e. The van der Waals surface area contributed by atoms with Gasteiger partial charge in [-0.05, 0) is 12.8 Å². The number of ether oxygens (including phenoxy) is 1. The smallest absolute Gasteiger partial charge is 0.272 e. The van der Waals surface area contributed by atoms with Gasteiger partial charge in [-0.3, -0.25) is 4.18 Å². The van der Waals surface area contributed by atoms with Crippen molar-refractivity contribution in [3.63, 3.8) is 0 Å². The fraction of sp³-hybridized carbons (Fsp3) is 1.00. The zero-order valence-corrected chi connectivity index (χ0v) is 10.9. The Labute approximate surface area is 96.0 Å². The van der Waals surface area contributed by atoms with Gasteiger partial charge in [-0.15, -0.1) is 0 Å². The van der Waals surface area contributed by atoms with Crippen LogP contribution in [0, 0.1) is 0 Å². The van der Waals surface area contributed by atoms with Crippen LogP contribution in [0.25, 0.3) is 0 Å². The molecule has 0 unspecified atom stereocenters. The Morgan fingerprint density at radius 3 is 2.44 bits per heavy atom. The van der Waals surface area contributed by atoms with Gasteiger partial charge in [-0.2, -0.15) is 8.42 Å². The van der Waals surface area contributed by atoms with E-state index >= 15 is 0 Å². The summed E-state index contributed by atoms with van der Waals surface area (Å²) < 4.78 is 55.0. The maximum atomic E-state index is 11.6. The summed E-state index contributed by atoms with van der Waals surface area (Å²) >= 11 is 0. The molecule has 2 atom stereocenters. The Kier molecular flexibility index (Phi) is 4.33. The van der Waals surface area contributed by atoms with Crippen LogP contribution in [0.3, 0.4) is 0 Å². The molecular weight excluding hydrogens is 256 g/mol. The standard InChI is InChI=1S/C8H16O6S2/c1-13-16(11,12)8-4-3-5-14-7(8)6-15(2,9)10/h7-8H,3-6H2,1-2H3/t7-,8-/m0/s1. The van der Waals surface area contributed by atoms with Gasteiger partial charge in [0.05, 0.1) is 19.0 Å². The second kappa shape index (κ2) is 4.99.